The van der Waals surface area contributed by atoms with E-state index in [4.69, 9.17) is 5.73 Å². The number of hydrogen-bond donors (Lipinski definition) is 1. The molecule has 0 bridgehead atoms. The van der Waals surface area contributed by atoms with E-state index in [1.807, 2.05) is 25.7 Å². The van der Waals surface area contributed by atoms with Crippen molar-refractivity contribution in [1.82, 2.24) is 4.90 Å². The van der Waals surface area contributed by atoms with Crippen LogP contribution in [0.3, 0.4) is 0 Å². The topological polar surface area (TPSA) is 46.3 Å². The Hall–Kier alpha value is -1.06. The van der Waals surface area contributed by atoms with Crippen LogP contribution in [-0.2, 0) is 4.79 Å². The van der Waals surface area contributed by atoms with Crippen LogP contribution < -0.4 is 5.73 Å². The number of carbonyl (C=O) groups is 1. The second kappa shape index (κ2) is 7.47. The monoisotopic (exact) mass is 324 g/mol. The van der Waals surface area contributed by atoms with Crippen molar-refractivity contribution in [2.75, 3.05) is 13.1 Å². The van der Waals surface area contributed by atoms with Crippen LogP contribution in [0.5, 0.6) is 0 Å². The summed E-state index contributed by atoms with van der Waals surface area (Å²) in [4.78, 5) is 14.5. The normalized spacial score (nSPS) is 23.6. The average molecular weight is 325 g/mol. The van der Waals surface area contributed by atoms with Crippen LogP contribution in [0.25, 0.3) is 0 Å². The maximum Gasteiger partial charge on any atom is 0.240 e. The van der Waals surface area contributed by atoms with Gasteiger partial charge in [0.25, 0.3) is 0 Å². The van der Waals surface area contributed by atoms with Crippen LogP contribution >= 0.6 is 12.4 Å². The molecule has 2 unspecified atom stereocenters. The van der Waals surface area contributed by atoms with Gasteiger partial charge in [-0.25, -0.2) is 0 Å². The van der Waals surface area contributed by atoms with E-state index in [1.54, 1.807) is 0 Å². The summed E-state index contributed by atoms with van der Waals surface area (Å²) < 4.78 is 0. The largest absolute Gasteiger partial charge is 0.341 e. The maximum atomic E-state index is 12.5. The van der Waals surface area contributed by atoms with Crippen molar-refractivity contribution in [1.29, 1.82) is 0 Å². The van der Waals surface area contributed by atoms with Crippen LogP contribution in [0.15, 0.2) is 30.3 Å². The Labute approximate surface area is 140 Å². The minimum Gasteiger partial charge on any atom is -0.341 e. The van der Waals surface area contributed by atoms with Crippen LogP contribution in [0, 0.1) is 11.3 Å². The molecule has 1 heterocycles. The second-order valence-electron chi connectivity index (χ2n) is 7.41. The fourth-order valence-electron chi connectivity index (χ4n) is 3.11. The number of piperidine rings is 1. The first-order chi connectivity index (χ1) is 9.80. The Morgan fingerprint density at radius 3 is 2.36 bits per heavy atom. The lowest BCUT2D eigenvalue weighted by Gasteiger charge is -2.40. The quantitative estimate of drug-likeness (QED) is 0.906. The minimum absolute atomic E-state index is 0. The summed E-state index contributed by atoms with van der Waals surface area (Å²) in [6, 6.07) is 10.2. The van der Waals surface area contributed by atoms with Gasteiger partial charge < -0.3 is 10.6 Å². The van der Waals surface area contributed by atoms with Gasteiger partial charge in [0.15, 0.2) is 0 Å². The summed E-state index contributed by atoms with van der Waals surface area (Å²) in [6.45, 7) is 9.93. The predicted octanol–water partition coefficient (Wildman–Crippen LogP) is 3.43. The Balaban J connectivity index is 0.00000242. The summed E-state index contributed by atoms with van der Waals surface area (Å²) in [7, 11) is 0. The summed E-state index contributed by atoms with van der Waals surface area (Å²) >= 11 is 0. The first-order valence-electron chi connectivity index (χ1n) is 7.90. The van der Waals surface area contributed by atoms with E-state index < -0.39 is 6.04 Å². The Morgan fingerprint density at radius 1 is 1.27 bits per heavy atom. The Morgan fingerprint density at radius 2 is 1.86 bits per heavy atom. The van der Waals surface area contributed by atoms with E-state index in [9.17, 15) is 4.79 Å². The molecular formula is C18H29ClN2O. The fourth-order valence-corrected chi connectivity index (χ4v) is 3.11. The van der Waals surface area contributed by atoms with Crippen molar-refractivity contribution in [2.24, 2.45) is 17.1 Å². The van der Waals surface area contributed by atoms with Crippen molar-refractivity contribution < 1.29 is 4.79 Å². The SMILES string of the molecule is CC1CN(C(=O)[C@@H](N)C(C)(C)C)CCC1c1ccccc1.Cl. The molecule has 0 radical (unpaired) electrons. The van der Waals surface area contributed by atoms with Crippen LogP contribution in [-0.4, -0.2) is 29.9 Å². The molecule has 1 saturated heterocycles. The number of halogens is 1. The van der Waals surface area contributed by atoms with Crippen molar-refractivity contribution >= 4 is 18.3 Å². The number of rotatable bonds is 2. The predicted molar refractivity (Wildman–Crippen MR) is 94.2 cm³/mol. The van der Waals surface area contributed by atoms with Gasteiger partial charge in [-0.1, -0.05) is 58.0 Å². The number of benzene rings is 1. The summed E-state index contributed by atoms with van der Waals surface area (Å²) in [5, 5.41) is 0. The van der Waals surface area contributed by atoms with E-state index in [0.717, 1.165) is 19.5 Å². The van der Waals surface area contributed by atoms with Crippen molar-refractivity contribution in [3.8, 4) is 0 Å². The zero-order chi connectivity index (χ0) is 15.6. The van der Waals surface area contributed by atoms with E-state index in [0.29, 0.717) is 11.8 Å². The smallest absolute Gasteiger partial charge is 0.240 e. The first kappa shape index (κ1) is 19.0. The molecule has 1 fully saturated rings. The molecule has 2 N–H and O–H groups in total. The van der Waals surface area contributed by atoms with Gasteiger partial charge in [-0.15, -0.1) is 12.4 Å². The van der Waals surface area contributed by atoms with Gasteiger partial charge >= 0.3 is 0 Å². The molecule has 1 aliphatic rings. The van der Waals surface area contributed by atoms with Crippen molar-refractivity contribution in [3.05, 3.63) is 35.9 Å². The number of likely N-dealkylation sites (tertiary alicyclic amines) is 1. The minimum atomic E-state index is -0.419. The van der Waals surface area contributed by atoms with Gasteiger partial charge in [-0.3, -0.25) is 4.79 Å². The van der Waals surface area contributed by atoms with Crippen LogP contribution in [0.2, 0.25) is 0 Å². The molecule has 3 atom stereocenters. The molecule has 2 rings (SSSR count). The number of amides is 1. The highest BCUT2D eigenvalue weighted by atomic mass is 35.5. The average Bonchev–Trinajstić information content (AvgIpc) is 2.45. The lowest BCUT2D eigenvalue weighted by Crippen LogP contribution is -2.53. The summed E-state index contributed by atoms with van der Waals surface area (Å²) in [5.41, 5.74) is 7.33. The molecule has 0 spiro atoms. The molecule has 1 aliphatic heterocycles. The number of hydrogen-bond acceptors (Lipinski definition) is 2. The maximum absolute atomic E-state index is 12.5. The lowest BCUT2D eigenvalue weighted by atomic mass is 9.80. The second-order valence-corrected chi connectivity index (χ2v) is 7.41. The van der Waals surface area contributed by atoms with E-state index in [-0.39, 0.29) is 23.7 Å². The van der Waals surface area contributed by atoms with Gasteiger partial charge in [-0.2, -0.15) is 0 Å². The lowest BCUT2D eigenvalue weighted by molar-refractivity contribution is -0.136. The highest BCUT2D eigenvalue weighted by Gasteiger charge is 2.35. The van der Waals surface area contributed by atoms with Gasteiger partial charge in [0.1, 0.15) is 0 Å². The van der Waals surface area contributed by atoms with Gasteiger partial charge in [0, 0.05) is 13.1 Å². The van der Waals surface area contributed by atoms with Gasteiger partial charge in [0.05, 0.1) is 6.04 Å². The molecule has 1 aromatic rings. The zero-order valence-electron chi connectivity index (χ0n) is 14.1. The van der Waals surface area contributed by atoms with Gasteiger partial charge in [-0.05, 0) is 29.2 Å². The highest BCUT2D eigenvalue weighted by Crippen LogP contribution is 2.33. The number of nitrogens with zero attached hydrogens (tertiary/aromatic N) is 1. The molecule has 4 heteroatoms. The molecule has 0 saturated carbocycles. The third-order valence-electron chi connectivity index (χ3n) is 4.64. The summed E-state index contributed by atoms with van der Waals surface area (Å²) in [5.74, 6) is 1.11. The molecule has 22 heavy (non-hydrogen) atoms. The molecule has 1 amide bonds. The highest BCUT2D eigenvalue weighted by molar-refractivity contribution is 5.85. The fraction of sp³-hybridized carbons (Fsp3) is 0.611. The molecule has 1 aromatic carbocycles. The third kappa shape index (κ3) is 4.23. The Kier molecular flexibility index (Phi) is 6.45. The number of carbonyl (C=O) groups excluding carboxylic acids is 1. The third-order valence-corrected chi connectivity index (χ3v) is 4.64. The van der Waals surface area contributed by atoms with E-state index in [2.05, 4.69) is 37.3 Å². The van der Waals surface area contributed by atoms with E-state index >= 15 is 0 Å². The molecule has 124 valence electrons. The molecule has 3 nitrogen and oxygen atoms in total. The van der Waals surface area contributed by atoms with Crippen molar-refractivity contribution in [3.63, 3.8) is 0 Å². The molecule has 0 aliphatic carbocycles. The van der Waals surface area contributed by atoms with Crippen molar-refractivity contribution in [2.45, 2.75) is 46.1 Å². The van der Waals surface area contributed by atoms with Crippen LogP contribution in [0.4, 0.5) is 0 Å². The number of nitrogens with two attached hydrogens (primary N) is 1. The van der Waals surface area contributed by atoms with Gasteiger partial charge in [0.2, 0.25) is 5.91 Å². The Bertz CT molecular complexity index is 484. The summed E-state index contributed by atoms with van der Waals surface area (Å²) in [6.07, 6.45) is 1.02. The molecular weight excluding hydrogens is 296 g/mol. The van der Waals surface area contributed by atoms with E-state index in [1.165, 1.54) is 5.56 Å². The zero-order valence-corrected chi connectivity index (χ0v) is 14.9. The standard InChI is InChI=1S/C18H28N2O.ClH/c1-13-12-20(17(21)16(19)18(2,3)4)11-10-15(13)14-8-6-5-7-9-14;/h5-9,13,15-16H,10-12,19H2,1-4H3;1H/t13?,15?,16-;/m1./s1. The first-order valence-corrected chi connectivity index (χ1v) is 7.90. The van der Waals surface area contributed by atoms with Crippen LogP contribution in [0.1, 0.15) is 45.6 Å². The molecule has 0 aromatic heterocycles.